The monoisotopic (exact) mass is 204 g/mol. The molecule has 1 aliphatic heterocycles. The Balaban J connectivity index is 2.18. The smallest absolute Gasteiger partial charge is 0.315 e. The number of allylic oxidation sites excluding steroid dienone is 3. The van der Waals surface area contributed by atoms with Crippen molar-refractivity contribution < 1.29 is 9.53 Å². The Morgan fingerprint density at radius 1 is 1.73 bits per heavy atom. The van der Waals surface area contributed by atoms with Crippen LogP contribution in [0.25, 0.3) is 0 Å². The van der Waals surface area contributed by atoms with Gasteiger partial charge in [0.05, 0.1) is 12.3 Å². The number of hydrogen-bond donors (Lipinski definition) is 1. The van der Waals surface area contributed by atoms with Crippen LogP contribution in [0.1, 0.15) is 13.3 Å². The van der Waals surface area contributed by atoms with Gasteiger partial charge in [-0.3, -0.25) is 9.79 Å². The fraction of sp³-hybridized carbons (Fsp3) is 0.364. The predicted octanol–water partition coefficient (Wildman–Crippen LogP) is 1.48. The van der Waals surface area contributed by atoms with Crippen LogP contribution in [0.2, 0.25) is 0 Å². The summed E-state index contributed by atoms with van der Waals surface area (Å²) in [4.78, 5) is 15.6. The number of rotatable bonds is 2. The second-order valence-corrected chi connectivity index (χ2v) is 3.46. The molecule has 1 aliphatic carbocycles. The van der Waals surface area contributed by atoms with Crippen molar-refractivity contribution in [3.05, 3.63) is 23.4 Å². The minimum atomic E-state index is -0.457. The van der Waals surface area contributed by atoms with Crippen molar-refractivity contribution in [1.82, 2.24) is 0 Å². The molecule has 0 saturated carbocycles. The molecule has 1 heterocycles. The van der Waals surface area contributed by atoms with Gasteiger partial charge in [-0.2, -0.15) is 0 Å². The summed E-state index contributed by atoms with van der Waals surface area (Å²) in [5, 5.41) is 7.73. The number of nitrogens with one attached hydrogen (secondary N) is 1. The summed E-state index contributed by atoms with van der Waals surface area (Å²) in [6.45, 7) is 2.12. The molecule has 1 unspecified atom stereocenters. The lowest BCUT2D eigenvalue weighted by Gasteiger charge is -2.20. The number of carbonyl (C=O) groups is 1. The summed E-state index contributed by atoms with van der Waals surface area (Å²) in [7, 11) is 0. The highest BCUT2D eigenvalue weighted by molar-refractivity contribution is 6.09. The van der Waals surface area contributed by atoms with E-state index < -0.39 is 5.92 Å². The van der Waals surface area contributed by atoms with E-state index in [-0.39, 0.29) is 5.97 Å². The molecule has 2 aliphatic rings. The third-order valence-electron chi connectivity index (χ3n) is 2.48. The molecule has 15 heavy (non-hydrogen) atoms. The van der Waals surface area contributed by atoms with Gasteiger partial charge in [-0.25, -0.2) is 0 Å². The third kappa shape index (κ3) is 1.75. The maximum Gasteiger partial charge on any atom is 0.315 e. The molecule has 4 heteroatoms. The second kappa shape index (κ2) is 3.81. The van der Waals surface area contributed by atoms with Crippen LogP contribution in [-0.2, 0) is 9.53 Å². The normalized spacial score (nSPS) is 23.3. The minimum absolute atomic E-state index is 0.291. The van der Waals surface area contributed by atoms with Crippen molar-refractivity contribution in [2.24, 2.45) is 10.9 Å². The number of hydrogen-bond acceptors (Lipinski definition) is 4. The largest absolute Gasteiger partial charge is 0.465 e. The molecule has 0 aromatic carbocycles. The highest BCUT2D eigenvalue weighted by Gasteiger charge is 2.30. The molecular weight excluding hydrogens is 192 g/mol. The SMILES string of the molecule is CCOC(=O)C1CC2=CC=NC2=CC1=N. The Labute approximate surface area is 87.9 Å². The Bertz CT molecular complexity index is 405. The van der Waals surface area contributed by atoms with Crippen LogP contribution in [0.4, 0.5) is 0 Å². The zero-order chi connectivity index (χ0) is 10.8. The zero-order valence-electron chi connectivity index (χ0n) is 8.49. The summed E-state index contributed by atoms with van der Waals surface area (Å²) in [6, 6.07) is 0. The number of carbonyl (C=O) groups excluding carboxylic acids is 1. The third-order valence-corrected chi connectivity index (χ3v) is 2.48. The van der Waals surface area contributed by atoms with E-state index in [0.717, 1.165) is 11.3 Å². The highest BCUT2D eigenvalue weighted by Crippen LogP contribution is 2.30. The molecule has 78 valence electrons. The van der Waals surface area contributed by atoms with Gasteiger partial charge in [-0.15, -0.1) is 0 Å². The molecule has 0 spiro atoms. The van der Waals surface area contributed by atoms with Crippen LogP contribution < -0.4 is 0 Å². The predicted molar refractivity (Wildman–Crippen MR) is 57.1 cm³/mol. The van der Waals surface area contributed by atoms with Gasteiger partial charge in [0, 0.05) is 11.9 Å². The van der Waals surface area contributed by atoms with Crippen LogP contribution in [0, 0.1) is 11.3 Å². The van der Waals surface area contributed by atoms with E-state index in [0.29, 0.717) is 18.7 Å². The van der Waals surface area contributed by atoms with E-state index in [1.807, 2.05) is 6.08 Å². The van der Waals surface area contributed by atoms with Crippen molar-refractivity contribution in [1.29, 1.82) is 5.41 Å². The van der Waals surface area contributed by atoms with Gasteiger partial charge in [0.1, 0.15) is 5.92 Å². The van der Waals surface area contributed by atoms with Crippen LogP contribution in [0.5, 0.6) is 0 Å². The van der Waals surface area contributed by atoms with Crippen molar-refractivity contribution >= 4 is 17.9 Å². The maximum absolute atomic E-state index is 11.5. The summed E-state index contributed by atoms with van der Waals surface area (Å²) in [6.07, 6.45) is 5.75. The first-order valence-electron chi connectivity index (χ1n) is 4.92. The number of fused-ring (bicyclic) bond motifs is 1. The summed E-state index contributed by atoms with van der Waals surface area (Å²) in [5.74, 6) is -0.771. The van der Waals surface area contributed by atoms with Gasteiger partial charge < -0.3 is 10.1 Å². The Hall–Kier alpha value is -1.71. The van der Waals surface area contributed by atoms with Crippen molar-refractivity contribution in [3.63, 3.8) is 0 Å². The van der Waals surface area contributed by atoms with Gasteiger partial charge in [0.15, 0.2) is 0 Å². The highest BCUT2D eigenvalue weighted by atomic mass is 16.5. The van der Waals surface area contributed by atoms with Crippen molar-refractivity contribution in [3.8, 4) is 0 Å². The summed E-state index contributed by atoms with van der Waals surface area (Å²) >= 11 is 0. The molecule has 0 aromatic rings. The van der Waals surface area contributed by atoms with E-state index in [2.05, 4.69) is 4.99 Å². The molecular formula is C11H12N2O2. The number of nitrogens with zero attached hydrogens (tertiary/aromatic N) is 1. The fourth-order valence-corrected chi connectivity index (χ4v) is 1.71. The van der Waals surface area contributed by atoms with Crippen molar-refractivity contribution in [2.75, 3.05) is 6.61 Å². The van der Waals surface area contributed by atoms with Crippen molar-refractivity contribution in [2.45, 2.75) is 13.3 Å². The average molecular weight is 204 g/mol. The molecule has 1 atom stereocenters. The zero-order valence-corrected chi connectivity index (χ0v) is 8.49. The van der Waals surface area contributed by atoms with Crippen LogP contribution in [0.15, 0.2) is 28.4 Å². The molecule has 0 amide bonds. The standard InChI is InChI=1S/C11H12N2O2/c1-2-15-11(14)8-5-7-3-4-13-10(7)6-9(8)12/h3-4,6,8,12H,2,5H2,1H3. The van der Waals surface area contributed by atoms with E-state index in [4.69, 9.17) is 10.1 Å². The molecule has 0 radical (unpaired) electrons. The van der Waals surface area contributed by atoms with Gasteiger partial charge >= 0.3 is 5.97 Å². The average Bonchev–Trinajstić information content (AvgIpc) is 2.63. The number of aliphatic imine (C=N–C) groups is 1. The molecule has 0 aromatic heterocycles. The molecule has 1 N–H and O–H groups in total. The Morgan fingerprint density at radius 3 is 3.27 bits per heavy atom. The van der Waals surface area contributed by atoms with Crippen LogP contribution in [-0.4, -0.2) is 24.5 Å². The van der Waals surface area contributed by atoms with Gasteiger partial charge in [-0.1, -0.05) is 0 Å². The van der Waals surface area contributed by atoms with Gasteiger partial charge in [0.2, 0.25) is 0 Å². The molecule has 0 saturated heterocycles. The lowest BCUT2D eigenvalue weighted by molar-refractivity contribution is -0.145. The summed E-state index contributed by atoms with van der Waals surface area (Å²) in [5.41, 5.74) is 2.12. The van der Waals surface area contributed by atoms with Gasteiger partial charge in [-0.05, 0) is 31.1 Å². The van der Waals surface area contributed by atoms with E-state index in [1.54, 1.807) is 19.2 Å². The Morgan fingerprint density at radius 2 is 2.53 bits per heavy atom. The lowest BCUT2D eigenvalue weighted by Crippen LogP contribution is -2.27. The van der Waals surface area contributed by atoms with Crippen LogP contribution >= 0.6 is 0 Å². The first-order valence-corrected chi connectivity index (χ1v) is 4.92. The fourth-order valence-electron chi connectivity index (χ4n) is 1.71. The molecule has 2 rings (SSSR count). The lowest BCUT2D eigenvalue weighted by atomic mass is 9.87. The molecule has 0 bridgehead atoms. The van der Waals surface area contributed by atoms with Crippen LogP contribution in [0.3, 0.4) is 0 Å². The number of ether oxygens (including phenoxy) is 1. The van der Waals surface area contributed by atoms with Gasteiger partial charge in [0.25, 0.3) is 0 Å². The molecule has 0 fully saturated rings. The summed E-state index contributed by atoms with van der Waals surface area (Å²) < 4.78 is 4.92. The van der Waals surface area contributed by atoms with E-state index in [9.17, 15) is 4.79 Å². The number of esters is 1. The quantitative estimate of drug-likeness (QED) is 0.692. The second-order valence-electron chi connectivity index (χ2n) is 3.46. The molecule has 4 nitrogen and oxygen atoms in total. The maximum atomic E-state index is 11.5. The Kier molecular flexibility index (Phi) is 2.49. The first kappa shape index (κ1) is 9.83. The first-order chi connectivity index (χ1) is 7.22. The van der Waals surface area contributed by atoms with E-state index in [1.165, 1.54) is 0 Å². The van der Waals surface area contributed by atoms with E-state index >= 15 is 0 Å². The minimum Gasteiger partial charge on any atom is -0.465 e. The topological polar surface area (TPSA) is 62.5 Å².